The first-order valence-electron chi connectivity index (χ1n) is 7.16. The van der Waals surface area contributed by atoms with Crippen LogP contribution in [0.3, 0.4) is 0 Å². The SMILES string of the molecule is CCO.COC(=O)c1sccc1CBr.COC(=O)c1sccc1CN.N. The van der Waals surface area contributed by atoms with E-state index in [4.69, 9.17) is 10.8 Å². The van der Waals surface area contributed by atoms with E-state index in [0.29, 0.717) is 21.6 Å². The van der Waals surface area contributed by atoms with Crippen LogP contribution in [-0.4, -0.2) is 37.9 Å². The molecule has 7 nitrogen and oxygen atoms in total. The van der Waals surface area contributed by atoms with Crippen molar-refractivity contribution in [2.45, 2.75) is 18.8 Å². The second-order valence-electron chi connectivity index (χ2n) is 4.19. The number of aliphatic hydroxyl groups excluding tert-OH is 1. The highest BCUT2D eigenvalue weighted by molar-refractivity contribution is 9.08. The Kier molecular flexibility index (Phi) is 16.5. The number of nitrogens with two attached hydrogens (primary N) is 1. The Hall–Kier alpha value is -1.30. The molecule has 2 rings (SSSR count). The molecule has 0 unspecified atom stereocenters. The molecule has 148 valence electrons. The average molecular weight is 469 g/mol. The lowest BCUT2D eigenvalue weighted by atomic mass is 10.2. The molecule has 2 heterocycles. The number of thiophene rings is 2. The number of rotatable bonds is 4. The number of carbonyl (C=O) groups is 2. The van der Waals surface area contributed by atoms with Crippen molar-refractivity contribution in [3.63, 3.8) is 0 Å². The van der Waals surface area contributed by atoms with E-state index in [1.165, 1.54) is 36.9 Å². The van der Waals surface area contributed by atoms with E-state index in [1.807, 2.05) is 22.9 Å². The Morgan fingerprint density at radius 2 is 1.46 bits per heavy atom. The largest absolute Gasteiger partial charge is 0.465 e. The zero-order valence-corrected chi connectivity index (χ0v) is 18.2. The lowest BCUT2D eigenvalue weighted by Gasteiger charge is -1.97. The Morgan fingerprint density at radius 3 is 1.81 bits per heavy atom. The molecule has 0 atom stereocenters. The first kappa shape index (κ1) is 26.9. The molecule has 0 aliphatic heterocycles. The van der Waals surface area contributed by atoms with Gasteiger partial charge >= 0.3 is 11.9 Å². The molecule has 0 fully saturated rings. The van der Waals surface area contributed by atoms with Crippen molar-refractivity contribution >= 4 is 50.5 Å². The lowest BCUT2D eigenvalue weighted by Crippen LogP contribution is -2.05. The van der Waals surface area contributed by atoms with E-state index < -0.39 is 0 Å². The Morgan fingerprint density at radius 1 is 1.08 bits per heavy atom. The molecular weight excluding hydrogens is 444 g/mol. The number of hydrogen-bond donors (Lipinski definition) is 3. The Labute approximate surface area is 169 Å². The number of ether oxygens (including phenoxy) is 2. The summed E-state index contributed by atoms with van der Waals surface area (Å²) in [4.78, 5) is 23.3. The summed E-state index contributed by atoms with van der Waals surface area (Å²) in [5.41, 5.74) is 7.22. The zero-order chi connectivity index (χ0) is 19.2. The van der Waals surface area contributed by atoms with Gasteiger partial charge in [0, 0.05) is 18.5 Å². The molecule has 6 N–H and O–H groups in total. The van der Waals surface area contributed by atoms with Crippen molar-refractivity contribution < 1.29 is 24.2 Å². The molecule has 0 aliphatic rings. The fourth-order valence-corrected chi connectivity index (χ4v) is 3.82. The van der Waals surface area contributed by atoms with Crippen LogP contribution in [0, 0.1) is 0 Å². The minimum atomic E-state index is -0.305. The fraction of sp³-hybridized carbons (Fsp3) is 0.375. The molecule has 0 aliphatic carbocycles. The van der Waals surface area contributed by atoms with Gasteiger partial charge in [-0.05, 0) is 40.9 Å². The summed E-state index contributed by atoms with van der Waals surface area (Å²) in [5.74, 6) is -0.560. The standard InChI is InChI=1S/C7H7BrO2S.C7H9NO2S.C2H6O.H3N/c2*1-10-7(9)6-5(4-8)2-3-11-6;1-2-3;/h2-3H,4H2,1H3;2-3H,4,8H2,1H3;3H,2H2,1H3;1H3. The van der Waals surface area contributed by atoms with Crippen LogP contribution in [0.15, 0.2) is 22.9 Å². The third-order valence-corrected chi connectivity index (χ3v) is 5.08. The predicted molar refractivity (Wildman–Crippen MR) is 110 cm³/mol. The van der Waals surface area contributed by atoms with E-state index in [-0.39, 0.29) is 24.7 Å². The normalized spacial score (nSPS) is 8.85. The van der Waals surface area contributed by atoms with Gasteiger partial charge in [-0.15, -0.1) is 22.7 Å². The second kappa shape index (κ2) is 15.9. The van der Waals surface area contributed by atoms with Gasteiger partial charge in [-0.25, -0.2) is 9.59 Å². The van der Waals surface area contributed by atoms with Gasteiger partial charge in [0.05, 0.1) is 14.2 Å². The van der Waals surface area contributed by atoms with E-state index in [0.717, 1.165) is 11.1 Å². The fourth-order valence-electron chi connectivity index (χ4n) is 1.48. The summed E-state index contributed by atoms with van der Waals surface area (Å²) in [7, 11) is 2.75. The monoisotopic (exact) mass is 468 g/mol. The number of carbonyl (C=O) groups excluding carboxylic acids is 2. The molecule has 10 heteroatoms. The first-order chi connectivity index (χ1) is 12.0. The van der Waals surface area contributed by atoms with E-state index in [9.17, 15) is 9.59 Å². The molecule has 0 saturated carbocycles. The van der Waals surface area contributed by atoms with Crippen molar-refractivity contribution in [3.05, 3.63) is 43.8 Å². The summed E-state index contributed by atoms with van der Waals surface area (Å²) < 4.78 is 9.14. The van der Waals surface area contributed by atoms with Crippen LogP contribution in [0.5, 0.6) is 0 Å². The summed E-state index contributed by atoms with van der Waals surface area (Å²) in [6, 6.07) is 3.74. The quantitative estimate of drug-likeness (QED) is 0.460. The highest BCUT2D eigenvalue weighted by Crippen LogP contribution is 2.20. The smallest absolute Gasteiger partial charge is 0.348 e. The maximum atomic E-state index is 11.0. The number of halogens is 1. The molecule has 0 bridgehead atoms. The first-order valence-corrected chi connectivity index (χ1v) is 10.0. The van der Waals surface area contributed by atoms with Gasteiger partial charge in [0.1, 0.15) is 9.75 Å². The molecular formula is C16H25BrN2O5S2. The highest BCUT2D eigenvalue weighted by atomic mass is 79.9. The highest BCUT2D eigenvalue weighted by Gasteiger charge is 2.12. The minimum Gasteiger partial charge on any atom is -0.465 e. The Balaban J connectivity index is 0. The summed E-state index contributed by atoms with van der Waals surface area (Å²) in [6.07, 6.45) is 0. The van der Waals surface area contributed by atoms with E-state index in [1.54, 1.807) is 6.92 Å². The molecule has 26 heavy (non-hydrogen) atoms. The van der Waals surface area contributed by atoms with Crippen LogP contribution in [0.1, 0.15) is 37.4 Å². The maximum Gasteiger partial charge on any atom is 0.348 e. The van der Waals surface area contributed by atoms with Crippen LogP contribution in [0.25, 0.3) is 0 Å². The molecule has 2 aromatic heterocycles. The topological polar surface area (TPSA) is 134 Å². The molecule has 0 radical (unpaired) electrons. The van der Waals surface area contributed by atoms with Crippen molar-refractivity contribution in [2.75, 3.05) is 20.8 Å². The van der Waals surface area contributed by atoms with Crippen LogP contribution >= 0.6 is 38.6 Å². The average Bonchev–Trinajstić information content (AvgIpc) is 3.30. The van der Waals surface area contributed by atoms with Crippen molar-refractivity contribution in [1.82, 2.24) is 6.15 Å². The van der Waals surface area contributed by atoms with Crippen LogP contribution in [-0.2, 0) is 21.3 Å². The van der Waals surface area contributed by atoms with Gasteiger partial charge in [0.25, 0.3) is 0 Å². The summed E-state index contributed by atoms with van der Waals surface area (Å²) in [6.45, 7) is 2.31. The third kappa shape index (κ3) is 8.88. The Bertz CT molecular complexity index is 592. The van der Waals surface area contributed by atoms with Gasteiger partial charge < -0.3 is 26.5 Å². The van der Waals surface area contributed by atoms with Gasteiger partial charge in [0.2, 0.25) is 0 Å². The second-order valence-corrected chi connectivity index (χ2v) is 6.58. The summed E-state index contributed by atoms with van der Waals surface area (Å²) in [5, 5.41) is 12.0. The van der Waals surface area contributed by atoms with Crippen LogP contribution in [0.2, 0.25) is 0 Å². The number of hydrogen-bond acceptors (Lipinski definition) is 9. The van der Waals surface area contributed by atoms with Crippen LogP contribution in [0.4, 0.5) is 0 Å². The van der Waals surface area contributed by atoms with E-state index >= 15 is 0 Å². The molecule has 0 saturated heterocycles. The molecule has 0 amide bonds. The van der Waals surface area contributed by atoms with Crippen LogP contribution < -0.4 is 11.9 Å². The van der Waals surface area contributed by atoms with Gasteiger partial charge in [-0.3, -0.25) is 0 Å². The van der Waals surface area contributed by atoms with Gasteiger partial charge in [-0.2, -0.15) is 0 Å². The molecule has 2 aromatic rings. The number of esters is 2. The van der Waals surface area contributed by atoms with Crippen molar-refractivity contribution in [3.8, 4) is 0 Å². The van der Waals surface area contributed by atoms with Gasteiger partial charge in [-0.1, -0.05) is 15.9 Å². The van der Waals surface area contributed by atoms with Crippen molar-refractivity contribution in [1.29, 1.82) is 0 Å². The number of alkyl halides is 1. The molecule has 0 aromatic carbocycles. The summed E-state index contributed by atoms with van der Waals surface area (Å²) >= 11 is 6.04. The zero-order valence-electron chi connectivity index (χ0n) is 15.0. The van der Waals surface area contributed by atoms with Crippen molar-refractivity contribution in [2.24, 2.45) is 5.73 Å². The third-order valence-electron chi connectivity index (χ3n) is 2.60. The van der Waals surface area contributed by atoms with Gasteiger partial charge in [0.15, 0.2) is 0 Å². The number of aliphatic hydroxyl groups is 1. The predicted octanol–water partition coefficient (Wildman–Crippen LogP) is 3.58. The van der Waals surface area contributed by atoms with E-state index in [2.05, 4.69) is 25.4 Å². The molecule has 0 spiro atoms. The number of methoxy groups -OCH3 is 2. The minimum absolute atomic E-state index is 0. The maximum absolute atomic E-state index is 11.0. The lowest BCUT2D eigenvalue weighted by molar-refractivity contribution is 0.0596.